The van der Waals surface area contributed by atoms with Gasteiger partial charge in [-0.1, -0.05) is 42.6 Å². The van der Waals surface area contributed by atoms with Gasteiger partial charge in [0.25, 0.3) is 0 Å². The normalized spacial score (nSPS) is 10.1. The fraction of sp³-hybridized carbons (Fsp3) is 0.462. The number of hydrogen-bond acceptors (Lipinski definition) is 2. The number of hydrogen-bond donors (Lipinski definition) is 1. The van der Waals surface area contributed by atoms with Crippen molar-refractivity contribution >= 4 is 34.9 Å². The zero-order valence-corrected chi connectivity index (χ0v) is 11.3. The second-order valence-electron chi connectivity index (χ2n) is 3.92. The van der Waals surface area contributed by atoms with Gasteiger partial charge in [0, 0.05) is 5.69 Å². The number of thiocarbonyl (C=S) groups is 1. The third-order valence-electron chi connectivity index (χ3n) is 2.52. The summed E-state index contributed by atoms with van der Waals surface area (Å²) in [5.41, 5.74) is 2.37. The second-order valence-corrected chi connectivity index (χ2v) is 4.99. The number of anilines is 1. The van der Waals surface area contributed by atoms with Crippen LogP contribution < -0.4 is 5.32 Å². The largest absolute Gasteiger partial charge is 0.411 e. The molecule has 0 amide bonds. The molecule has 0 atom stereocenters. The van der Waals surface area contributed by atoms with Gasteiger partial charge in [0.15, 0.2) is 0 Å². The van der Waals surface area contributed by atoms with Gasteiger partial charge in [-0.25, -0.2) is 0 Å². The fourth-order valence-corrected chi connectivity index (χ4v) is 1.86. The van der Waals surface area contributed by atoms with Crippen molar-refractivity contribution in [2.24, 2.45) is 0 Å². The Morgan fingerprint density at radius 1 is 1.19 bits per heavy atom. The lowest BCUT2D eigenvalue weighted by Crippen LogP contribution is -2.03. The molecule has 1 N–H and O–H groups in total. The minimum absolute atomic E-state index is 0.399. The van der Waals surface area contributed by atoms with E-state index in [4.69, 9.17) is 24.8 Å². The van der Waals surface area contributed by atoms with E-state index in [0.717, 1.165) is 5.69 Å². The fourth-order valence-electron chi connectivity index (χ4n) is 1.63. The van der Waals surface area contributed by atoms with E-state index in [-0.39, 0.29) is 0 Å². The van der Waals surface area contributed by atoms with Crippen LogP contribution in [0.15, 0.2) is 24.3 Å². The molecule has 0 saturated carbocycles. The number of benzene rings is 1. The molecule has 0 aliphatic rings. The molecule has 0 spiro atoms. The average molecular weight is 252 g/mol. The van der Waals surface area contributed by atoms with Crippen molar-refractivity contribution in [3.8, 4) is 0 Å². The second kappa shape index (κ2) is 7.58. The van der Waals surface area contributed by atoms with Crippen LogP contribution in [-0.2, 0) is 19.0 Å². The number of rotatable bonds is 6. The average Bonchev–Trinajstić information content (AvgIpc) is 2.26. The van der Waals surface area contributed by atoms with Crippen LogP contribution in [0.3, 0.4) is 0 Å². The van der Waals surface area contributed by atoms with Crippen molar-refractivity contribution in [1.29, 1.82) is 0 Å². The topological polar surface area (TPSA) is 12.0 Å². The highest BCUT2D eigenvalue weighted by atomic mass is 32.1. The predicted octanol–water partition coefficient (Wildman–Crippen LogP) is 4.05. The minimum Gasteiger partial charge on any atom is -0.411 e. The van der Waals surface area contributed by atoms with E-state index in [9.17, 15) is 0 Å². The lowest BCUT2D eigenvalue weighted by molar-refractivity contribution is 0.667. The van der Waals surface area contributed by atoms with Gasteiger partial charge in [0.1, 0.15) is 0 Å². The maximum atomic E-state index is 4.81. The molecule has 0 fully saturated rings. The molecule has 0 saturated heterocycles. The molecule has 0 bridgehead atoms. The molecule has 1 nitrogen and oxygen atoms in total. The third kappa shape index (κ3) is 5.42. The molecule has 0 radical (unpaired) electrons. The van der Waals surface area contributed by atoms with Crippen LogP contribution in [0.5, 0.6) is 0 Å². The van der Waals surface area contributed by atoms with E-state index in [1.54, 1.807) is 0 Å². The van der Waals surface area contributed by atoms with Gasteiger partial charge in [-0.05, 0) is 30.5 Å². The van der Waals surface area contributed by atoms with Gasteiger partial charge in [-0.3, -0.25) is 0 Å². The lowest BCUT2D eigenvalue weighted by atomic mass is 10.1. The van der Waals surface area contributed by atoms with Gasteiger partial charge in [0.2, 0.25) is 0 Å². The molecular weight excluding hydrogens is 234 g/mol. The van der Waals surface area contributed by atoms with E-state index in [0.29, 0.717) is 4.32 Å². The molecule has 3 heteroatoms. The lowest BCUT2D eigenvalue weighted by Gasteiger charge is -2.10. The summed E-state index contributed by atoms with van der Waals surface area (Å²) in [5, 5.41) is 2.95. The molecule has 0 aliphatic heterocycles. The number of aryl methyl sites for hydroxylation is 1. The van der Waals surface area contributed by atoms with E-state index >= 15 is 0 Å². The molecule has 16 heavy (non-hydrogen) atoms. The Labute approximate surface area is 109 Å². The highest BCUT2D eigenvalue weighted by Crippen LogP contribution is 2.12. The predicted molar refractivity (Wildman–Crippen MR) is 77.9 cm³/mol. The van der Waals surface area contributed by atoms with Crippen LogP contribution >= 0.6 is 12.2 Å². The first-order valence-electron chi connectivity index (χ1n) is 5.79. The molecule has 1 aromatic carbocycles. The smallest absolute Gasteiger partial charge is 0.0371 e. The van der Waals surface area contributed by atoms with Gasteiger partial charge < -0.3 is 30.2 Å². The molecule has 0 unspecified atom stereocenters. The zero-order valence-electron chi connectivity index (χ0n) is 9.66. The van der Waals surface area contributed by atoms with Gasteiger partial charge in [-0.2, -0.15) is 0 Å². The number of unbranched alkanes of at least 4 members (excludes halogenated alkanes) is 3. The minimum atomic E-state index is 0.399. The molecule has 88 valence electrons. The third-order valence-corrected chi connectivity index (χ3v) is 2.72. The Morgan fingerprint density at radius 3 is 2.44 bits per heavy atom. The molecule has 1 rings (SSSR count). The summed E-state index contributed by atoms with van der Waals surface area (Å²) in [6, 6.07) is 8.35. The summed E-state index contributed by atoms with van der Waals surface area (Å²) < 4.78 is 0.399. The standard InChI is InChI=1S/C13H19NS2/c1-2-3-4-5-6-11-7-9-12(10-8-11)14-13(15)16/h7-10H,2-6H2,1H3,(H2,14,15,16)/p-1. The van der Waals surface area contributed by atoms with Crippen LogP contribution in [0.1, 0.15) is 38.2 Å². The molecule has 0 heterocycles. The highest BCUT2D eigenvalue weighted by Gasteiger charge is 1.94. The van der Waals surface area contributed by atoms with Gasteiger partial charge in [0.05, 0.1) is 0 Å². The van der Waals surface area contributed by atoms with Crippen LogP contribution in [0, 0.1) is 0 Å². The van der Waals surface area contributed by atoms with Crippen molar-refractivity contribution in [3.05, 3.63) is 29.8 Å². The van der Waals surface area contributed by atoms with Crippen LogP contribution in [0.2, 0.25) is 0 Å². The van der Waals surface area contributed by atoms with Crippen molar-refractivity contribution in [2.45, 2.75) is 39.0 Å². The van der Waals surface area contributed by atoms with Crippen molar-refractivity contribution in [2.75, 3.05) is 5.32 Å². The Morgan fingerprint density at radius 2 is 1.88 bits per heavy atom. The maximum Gasteiger partial charge on any atom is 0.0371 e. The van der Waals surface area contributed by atoms with Crippen molar-refractivity contribution < 1.29 is 0 Å². The van der Waals surface area contributed by atoms with Gasteiger partial charge in [-0.15, -0.1) is 0 Å². The summed E-state index contributed by atoms with van der Waals surface area (Å²) in [6.07, 6.45) is 6.40. The first kappa shape index (κ1) is 13.4. The van der Waals surface area contributed by atoms with Crippen molar-refractivity contribution in [1.82, 2.24) is 0 Å². The summed E-state index contributed by atoms with van der Waals surface area (Å²) in [7, 11) is 0. The molecule has 0 aromatic heterocycles. The first-order valence-corrected chi connectivity index (χ1v) is 6.61. The molecule has 1 aromatic rings. The van der Waals surface area contributed by atoms with Crippen LogP contribution in [0.4, 0.5) is 5.69 Å². The Bertz CT molecular complexity index is 319. The summed E-state index contributed by atoms with van der Waals surface area (Å²) in [4.78, 5) is 0. The highest BCUT2D eigenvalue weighted by molar-refractivity contribution is 8.00. The zero-order chi connectivity index (χ0) is 11.8. The van der Waals surface area contributed by atoms with Crippen LogP contribution in [0.25, 0.3) is 0 Å². The summed E-state index contributed by atoms with van der Waals surface area (Å²) in [6.45, 7) is 2.23. The van der Waals surface area contributed by atoms with E-state index < -0.39 is 0 Å². The van der Waals surface area contributed by atoms with Gasteiger partial charge >= 0.3 is 0 Å². The Hall–Kier alpha value is -0.670. The first-order chi connectivity index (χ1) is 7.72. The van der Waals surface area contributed by atoms with Crippen LogP contribution in [-0.4, -0.2) is 4.32 Å². The summed E-state index contributed by atoms with van der Waals surface area (Å²) in [5.74, 6) is 0. The SMILES string of the molecule is CCCCCCc1ccc(NC(=S)[S-])cc1. The van der Waals surface area contributed by atoms with E-state index in [1.165, 1.54) is 37.7 Å². The number of nitrogens with one attached hydrogen (secondary N) is 1. The van der Waals surface area contributed by atoms with Crippen molar-refractivity contribution in [3.63, 3.8) is 0 Å². The quantitative estimate of drug-likeness (QED) is 0.466. The van der Waals surface area contributed by atoms with E-state index in [2.05, 4.69) is 24.4 Å². The Kier molecular flexibility index (Phi) is 6.34. The monoisotopic (exact) mass is 252 g/mol. The molecular formula is C13H18NS2-. The summed E-state index contributed by atoms with van der Waals surface area (Å²) >= 11 is 9.63. The maximum absolute atomic E-state index is 4.81. The Balaban J connectivity index is 2.36. The molecule has 0 aliphatic carbocycles. The van der Waals surface area contributed by atoms with E-state index in [1.807, 2.05) is 12.1 Å².